The fourth-order valence-electron chi connectivity index (χ4n) is 1.55. The summed E-state index contributed by atoms with van der Waals surface area (Å²) in [4.78, 5) is 17.0. The smallest absolute Gasteiger partial charge is 0.223 e. The molecule has 0 saturated carbocycles. The first-order valence-electron chi connectivity index (χ1n) is 6.39. The van der Waals surface area contributed by atoms with Crippen molar-refractivity contribution in [1.82, 2.24) is 4.90 Å². The number of aliphatic imine (C=N–C) groups is 1. The lowest BCUT2D eigenvalue weighted by atomic mass is 10.1. The number of hydrogen-bond acceptors (Lipinski definition) is 2. The molecule has 5 nitrogen and oxygen atoms in total. The van der Waals surface area contributed by atoms with E-state index in [1.54, 1.807) is 19.0 Å². The molecule has 3 N–H and O–H groups in total. The second-order valence-corrected chi connectivity index (χ2v) is 4.48. The van der Waals surface area contributed by atoms with Gasteiger partial charge in [-0.05, 0) is 24.1 Å². The van der Waals surface area contributed by atoms with Gasteiger partial charge in [-0.3, -0.25) is 9.79 Å². The van der Waals surface area contributed by atoms with E-state index >= 15 is 0 Å². The molecule has 0 radical (unpaired) electrons. The summed E-state index contributed by atoms with van der Waals surface area (Å²) >= 11 is 0. The highest BCUT2D eigenvalue weighted by atomic mass is 127. The van der Waals surface area contributed by atoms with Crippen LogP contribution in [-0.2, 0) is 11.2 Å². The van der Waals surface area contributed by atoms with Gasteiger partial charge in [0.1, 0.15) is 0 Å². The molecule has 0 fully saturated rings. The molecule has 6 heteroatoms. The van der Waals surface area contributed by atoms with Crippen LogP contribution in [0.2, 0.25) is 0 Å². The number of nitrogens with one attached hydrogen (secondary N) is 1. The summed E-state index contributed by atoms with van der Waals surface area (Å²) < 4.78 is 0. The number of anilines is 1. The van der Waals surface area contributed by atoms with E-state index in [1.165, 1.54) is 5.56 Å². The van der Waals surface area contributed by atoms with Crippen LogP contribution in [0.4, 0.5) is 5.69 Å². The zero-order valence-corrected chi connectivity index (χ0v) is 14.5. The number of benzene rings is 1. The van der Waals surface area contributed by atoms with Crippen LogP contribution in [0.3, 0.4) is 0 Å². The van der Waals surface area contributed by atoms with Crippen molar-refractivity contribution in [3.05, 3.63) is 29.8 Å². The second kappa shape index (κ2) is 9.57. The number of rotatable bonds is 5. The molecule has 0 saturated heterocycles. The number of amides is 1. The molecule has 0 aliphatic heterocycles. The number of guanidine groups is 1. The molecule has 0 atom stereocenters. The Morgan fingerprint density at radius 2 is 2.10 bits per heavy atom. The largest absolute Gasteiger partial charge is 0.370 e. The van der Waals surface area contributed by atoms with Gasteiger partial charge in [-0.15, -0.1) is 24.0 Å². The van der Waals surface area contributed by atoms with Crippen LogP contribution in [0.25, 0.3) is 0 Å². The van der Waals surface area contributed by atoms with Crippen molar-refractivity contribution in [2.24, 2.45) is 10.7 Å². The van der Waals surface area contributed by atoms with Gasteiger partial charge >= 0.3 is 0 Å². The minimum atomic E-state index is 0. The number of halogens is 1. The average molecular weight is 390 g/mol. The number of carbonyl (C=O) groups excluding carboxylic acids is 1. The first-order chi connectivity index (χ1) is 9.02. The van der Waals surface area contributed by atoms with Gasteiger partial charge in [-0.25, -0.2) is 0 Å². The lowest BCUT2D eigenvalue weighted by Gasteiger charge is -2.09. The Kier molecular flexibility index (Phi) is 8.94. The molecule has 1 rings (SSSR count). The van der Waals surface area contributed by atoms with Crippen LogP contribution in [0, 0.1) is 0 Å². The molecular weight excluding hydrogens is 367 g/mol. The highest BCUT2D eigenvalue weighted by Crippen LogP contribution is 2.10. The predicted octanol–water partition coefficient (Wildman–Crippen LogP) is 2.07. The van der Waals surface area contributed by atoms with Gasteiger partial charge in [0.25, 0.3) is 0 Å². The van der Waals surface area contributed by atoms with Crippen molar-refractivity contribution in [2.75, 3.05) is 26.0 Å². The van der Waals surface area contributed by atoms with Crippen molar-refractivity contribution >= 4 is 41.5 Å². The Morgan fingerprint density at radius 1 is 1.40 bits per heavy atom. The molecule has 0 spiro atoms. The first kappa shape index (κ1) is 18.7. The maximum atomic E-state index is 11.4. The highest BCUT2D eigenvalue weighted by molar-refractivity contribution is 14.0. The Hall–Kier alpha value is -1.31. The zero-order chi connectivity index (χ0) is 14.3. The molecule has 0 bridgehead atoms. The fourth-order valence-corrected chi connectivity index (χ4v) is 1.55. The predicted molar refractivity (Wildman–Crippen MR) is 94.7 cm³/mol. The lowest BCUT2D eigenvalue weighted by molar-refractivity contribution is -0.128. The third kappa shape index (κ3) is 6.74. The first-order valence-corrected chi connectivity index (χ1v) is 6.39. The average Bonchev–Trinajstić information content (AvgIpc) is 2.38. The van der Waals surface area contributed by atoms with Crippen LogP contribution in [0.1, 0.15) is 18.9 Å². The molecule has 0 heterocycles. The van der Waals surface area contributed by atoms with Gasteiger partial charge in [-0.1, -0.05) is 19.1 Å². The van der Waals surface area contributed by atoms with E-state index < -0.39 is 0 Å². The number of nitrogens with two attached hydrogens (primary N) is 1. The van der Waals surface area contributed by atoms with Gasteiger partial charge in [0.2, 0.25) is 5.91 Å². The summed E-state index contributed by atoms with van der Waals surface area (Å²) in [6, 6.07) is 8.01. The Labute approximate surface area is 137 Å². The number of carbonyl (C=O) groups is 1. The maximum absolute atomic E-state index is 11.4. The van der Waals surface area contributed by atoms with Crippen LogP contribution in [-0.4, -0.2) is 37.4 Å². The maximum Gasteiger partial charge on any atom is 0.223 e. The molecule has 0 unspecified atom stereocenters. The van der Waals surface area contributed by atoms with E-state index in [0.29, 0.717) is 18.9 Å². The fraction of sp³-hybridized carbons (Fsp3) is 0.429. The van der Waals surface area contributed by atoms with E-state index in [1.807, 2.05) is 18.2 Å². The number of aryl methyl sites for hydroxylation is 1. The summed E-state index contributed by atoms with van der Waals surface area (Å²) in [5.74, 6) is 0.379. The second-order valence-electron chi connectivity index (χ2n) is 4.48. The summed E-state index contributed by atoms with van der Waals surface area (Å²) in [5.41, 5.74) is 7.93. The molecular formula is C14H23IN4O. The molecule has 1 aromatic carbocycles. The van der Waals surface area contributed by atoms with Gasteiger partial charge in [0.05, 0.1) is 6.54 Å². The quantitative estimate of drug-likeness (QED) is 0.460. The van der Waals surface area contributed by atoms with Crippen LogP contribution in [0.15, 0.2) is 29.3 Å². The van der Waals surface area contributed by atoms with Crippen molar-refractivity contribution in [2.45, 2.75) is 19.8 Å². The Morgan fingerprint density at radius 3 is 2.70 bits per heavy atom. The van der Waals surface area contributed by atoms with Crippen LogP contribution < -0.4 is 11.1 Å². The molecule has 0 aliphatic rings. The third-order valence-electron chi connectivity index (χ3n) is 2.71. The van der Waals surface area contributed by atoms with E-state index in [-0.39, 0.29) is 29.9 Å². The summed E-state index contributed by atoms with van der Waals surface area (Å²) in [6.07, 6.45) is 1.34. The Bertz CT molecular complexity index is 460. The van der Waals surface area contributed by atoms with Gasteiger partial charge in [0.15, 0.2) is 5.96 Å². The SMILES string of the molecule is CCc1cccc(NC(N)=NCCC(=O)N(C)C)c1.I. The van der Waals surface area contributed by atoms with E-state index in [4.69, 9.17) is 5.73 Å². The monoisotopic (exact) mass is 390 g/mol. The van der Waals surface area contributed by atoms with Gasteiger partial charge in [-0.2, -0.15) is 0 Å². The minimum Gasteiger partial charge on any atom is -0.370 e. The normalized spacial score (nSPS) is 10.7. The summed E-state index contributed by atoms with van der Waals surface area (Å²) in [5, 5.41) is 3.02. The topological polar surface area (TPSA) is 70.7 Å². The molecule has 20 heavy (non-hydrogen) atoms. The molecule has 1 amide bonds. The van der Waals surface area contributed by atoms with Gasteiger partial charge < -0.3 is 16.0 Å². The summed E-state index contributed by atoms with van der Waals surface area (Å²) in [7, 11) is 3.45. The van der Waals surface area contributed by atoms with Crippen LogP contribution >= 0.6 is 24.0 Å². The summed E-state index contributed by atoms with van der Waals surface area (Å²) in [6.45, 7) is 2.49. The van der Waals surface area contributed by atoms with E-state index in [2.05, 4.69) is 23.3 Å². The molecule has 112 valence electrons. The highest BCUT2D eigenvalue weighted by Gasteiger charge is 2.02. The van der Waals surface area contributed by atoms with E-state index in [0.717, 1.165) is 12.1 Å². The standard InChI is InChI=1S/C14H22N4O.HI/c1-4-11-6-5-7-12(10-11)17-14(15)16-9-8-13(19)18(2)3;/h5-7,10H,4,8-9H2,1-3H3,(H3,15,16,17);1H. The van der Waals surface area contributed by atoms with E-state index in [9.17, 15) is 4.79 Å². The third-order valence-corrected chi connectivity index (χ3v) is 2.71. The van der Waals surface area contributed by atoms with Crippen LogP contribution in [0.5, 0.6) is 0 Å². The van der Waals surface area contributed by atoms with Crippen molar-refractivity contribution in [3.8, 4) is 0 Å². The lowest BCUT2D eigenvalue weighted by Crippen LogP contribution is -2.25. The van der Waals surface area contributed by atoms with Crippen molar-refractivity contribution in [1.29, 1.82) is 0 Å². The number of hydrogen-bond donors (Lipinski definition) is 2. The number of nitrogens with zero attached hydrogens (tertiary/aromatic N) is 2. The Balaban J connectivity index is 0.00000361. The molecule has 0 aliphatic carbocycles. The minimum absolute atomic E-state index is 0. The van der Waals surface area contributed by atoms with Crippen molar-refractivity contribution in [3.63, 3.8) is 0 Å². The van der Waals surface area contributed by atoms with Gasteiger partial charge in [0, 0.05) is 26.2 Å². The van der Waals surface area contributed by atoms with Crippen molar-refractivity contribution < 1.29 is 4.79 Å². The molecule has 0 aromatic heterocycles. The molecule has 1 aromatic rings. The zero-order valence-electron chi connectivity index (χ0n) is 12.2.